The molecule has 0 bridgehead atoms. The van der Waals surface area contributed by atoms with Gasteiger partial charge in [-0.2, -0.15) is 0 Å². The molecule has 1 saturated heterocycles. The lowest BCUT2D eigenvalue weighted by Gasteiger charge is -2.23. The number of piperazine rings is 1. The highest BCUT2D eigenvalue weighted by Crippen LogP contribution is 1.90. The van der Waals surface area contributed by atoms with Crippen molar-refractivity contribution in [3.63, 3.8) is 0 Å². The van der Waals surface area contributed by atoms with Gasteiger partial charge in [-0.1, -0.05) is 0 Å². The van der Waals surface area contributed by atoms with E-state index in [0.717, 1.165) is 13.1 Å². The van der Waals surface area contributed by atoms with Gasteiger partial charge in [0.25, 0.3) is 0 Å². The van der Waals surface area contributed by atoms with Crippen LogP contribution in [-0.2, 0) is 0 Å². The Labute approximate surface area is 58.9 Å². The van der Waals surface area contributed by atoms with E-state index in [0.29, 0.717) is 13.1 Å². The summed E-state index contributed by atoms with van der Waals surface area (Å²) in [6.45, 7) is 2.81. The van der Waals surface area contributed by atoms with Crippen molar-refractivity contribution >= 4 is 6.09 Å². The van der Waals surface area contributed by atoms with Crippen molar-refractivity contribution in [1.29, 1.82) is 0 Å². The first-order valence-electron chi connectivity index (χ1n) is 2.99. The highest BCUT2D eigenvalue weighted by molar-refractivity contribution is 5.65. The molecule has 0 radical (unpaired) electrons. The maximum absolute atomic E-state index is 10.3. The third kappa shape index (κ3) is 2.20. The van der Waals surface area contributed by atoms with Crippen LogP contribution in [0.2, 0.25) is 0 Å². The van der Waals surface area contributed by atoms with Crippen molar-refractivity contribution in [3.8, 4) is 0 Å². The average Bonchev–Trinajstić information content (AvgIpc) is 1.90. The molecule has 0 aliphatic carbocycles. The summed E-state index contributed by atoms with van der Waals surface area (Å²) in [4.78, 5) is 11.7. The molecule has 10 heavy (non-hydrogen) atoms. The average molecular weight is 148 g/mol. The second-order valence-electron chi connectivity index (χ2n) is 2.02. The lowest BCUT2D eigenvalue weighted by atomic mass is 10.4. The predicted octanol–water partition coefficient (Wildman–Crippen LogP) is -1.26. The topological polar surface area (TPSA) is 84.1 Å². The summed E-state index contributed by atoms with van der Waals surface area (Å²) >= 11 is 0. The SMILES string of the molecule is O.O=C(O)N1CCNCC1. The van der Waals surface area contributed by atoms with E-state index in [1.807, 2.05) is 0 Å². The maximum atomic E-state index is 10.3. The van der Waals surface area contributed by atoms with E-state index in [2.05, 4.69) is 5.32 Å². The normalized spacial score (nSPS) is 17.8. The Kier molecular flexibility index (Phi) is 3.75. The van der Waals surface area contributed by atoms with Crippen LogP contribution in [0.25, 0.3) is 0 Å². The summed E-state index contributed by atoms with van der Waals surface area (Å²) < 4.78 is 0. The molecular weight excluding hydrogens is 136 g/mol. The standard InChI is InChI=1S/C5H10N2O2.H2O/c8-5(9)7-3-1-6-2-4-7;/h6H,1-4H2,(H,8,9);1H2. The number of hydrogen-bond donors (Lipinski definition) is 2. The van der Waals surface area contributed by atoms with Gasteiger partial charge in [-0.05, 0) is 0 Å². The molecule has 60 valence electrons. The molecule has 1 heterocycles. The van der Waals surface area contributed by atoms with Crippen LogP contribution in [0.1, 0.15) is 0 Å². The molecule has 1 fully saturated rings. The minimum absolute atomic E-state index is 0. The van der Waals surface area contributed by atoms with Crippen LogP contribution in [0, 0.1) is 0 Å². The second kappa shape index (κ2) is 4.08. The van der Waals surface area contributed by atoms with Gasteiger partial charge in [0.15, 0.2) is 0 Å². The van der Waals surface area contributed by atoms with Gasteiger partial charge >= 0.3 is 6.09 Å². The third-order valence-corrected chi connectivity index (χ3v) is 1.39. The van der Waals surface area contributed by atoms with Crippen LogP contribution in [0.15, 0.2) is 0 Å². The monoisotopic (exact) mass is 148 g/mol. The maximum Gasteiger partial charge on any atom is 0.407 e. The van der Waals surface area contributed by atoms with Crippen LogP contribution in [0.3, 0.4) is 0 Å². The quantitative estimate of drug-likeness (QED) is 0.450. The summed E-state index contributed by atoms with van der Waals surface area (Å²) in [6, 6.07) is 0. The Morgan fingerprint density at radius 1 is 1.40 bits per heavy atom. The van der Waals surface area contributed by atoms with Crippen LogP contribution in [0.4, 0.5) is 4.79 Å². The summed E-state index contributed by atoms with van der Waals surface area (Å²) in [5.41, 5.74) is 0. The summed E-state index contributed by atoms with van der Waals surface area (Å²) in [5.74, 6) is 0. The molecule has 0 aromatic rings. The largest absolute Gasteiger partial charge is 0.465 e. The first-order valence-corrected chi connectivity index (χ1v) is 2.99. The van der Waals surface area contributed by atoms with Gasteiger partial charge in [0.2, 0.25) is 0 Å². The number of carbonyl (C=O) groups is 1. The molecule has 0 aromatic heterocycles. The zero-order chi connectivity index (χ0) is 6.69. The van der Waals surface area contributed by atoms with Gasteiger partial charge in [-0.3, -0.25) is 0 Å². The molecule has 1 aliphatic rings. The van der Waals surface area contributed by atoms with Crippen LogP contribution in [0.5, 0.6) is 0 Å². The van der Waals surface area contributed by atoms with Crippen LogP contribution in [-0.4, -0.2) is 47.8 Å². The zero-order valence-electron chi connectivity index (χ0n) is 5.63. The molecule has 1 amide bonds. The fraction of sp³-hybridized carbons (Fsp3) is 0.800. The highest BCUT2D eigenvalue weighted by Gasteiger charge is 2.13. The van der Waals surface area contributed by atoms with Crippen molar-refractivity contribution in [1.82, 2.24) is 10.2 Å². The first kappa shape index (κ1) is 9.19. The Morgan fingerprint density at radius 3 is 2.20 bits per heavy atom. The van der Waals surface area contributed by atoms with Crippen molar-refractivity contribution in [2.24, 2.45) is 0 Å². The molecule has 0 unspecified atom stereocenters. The fourth-order valence-electron chi connectivity index (χ4n) is 0.856. The van der Waals surface area contributed by atoms with Crippen LogP contribution >= 0.6 is 0 Å². The molecule has 4 N–H and O–H groups in total. The molecule has 1 aliphatic heterocycles. The Balaban J connectivity index is 0.000000810. The van der Waals surface area contributed by atoms with Gasteiger partial charge in [0.1, 0.15) is 0 Å². The van der Waals surface area contributed by atoms with Gasteiger partial charge in [-0.25, -0.2) is 4.79 Å². The van der Waals surface area contributed by atoms with E-state index in [9.17, 15) is 4.79 Å². The van der Waals surface area contributed by atoms with Crippen molar-refractivity contribution in [2.75, 3.05) is 26.2 Å². The van der Waals surface area contributed by atoms with Gasteiger partial charge in [0, 0.05) is 26.2 Å². The number of nitrogens with zero attached hydrogens (tertiary/aromatic N) is 1. The van der Waals surface area contributed by atoms with Crippen molar-refractivity contribution in [3.05, 3.63) is 0 Å². The lowest BCUT2D eigenvalue weighted by molar-refractivity contribution is 0.139. The zero-order valence-corrected chi connectivity index (χ0v) is 5.63. The van der Waals surface area contributed by atoms with E-state index >= 15 is 0 Å². The van der Waals surface area contributed by atoms with E-state index in [-0.39, 0.29) is 5.48 Å². The predicted molar refractivity (Wildman–Crippen MR) is 36.1 cm³/mol. The fourth-order valence-corrected chi connectivity index (χ4v) is 0.856. The van der Waals surface area contributed by atoms with Gasteiger partial charge in [-0.15, -0.1) is 0 Å². The van der Waals surface area contributed by atoms with E-state index in [1.54, 1.807) is 0 Å². The Bertz CT molecular complexity index is 111. The van der Waals surface area contributed by atoms with Crippen molar-refractivity contribution in [2.45, 2.75) is 0 Å². The van der Waals surface area contributed by atoms with Gasteiger partial charge in [0.05, 0.1) is 0 Å². The van der Waals surface area contributed by atoms with Gasteiger partial charge < -0.3 is 20.8 Å². The van der Waals surface area contributed by atoms with E-state index in [1.165, 1.54) is 4.90 Å². The number of rotatable bonds is 0. The molecule has 5 nitrogen and oxygen atoms in total. The second-order valence-corrected chi connectivity index (χ2v) is 2.02. The third-order valence-electron chi connectivity index (χ3n) is 1.39. The lowest BCUT2D eigenvalue weighted by Crippen LogP contribution is -2.45. The number of hydrogen-bond acceptors (Lipinski definition) is 2. The molecule has 0 atom stereocenters. The molecule has 0 saturated carbocycles. The first-order chi connectivity index (χ1) is 4.30. The van der Waals surface area contributed by atoms with Crippen molar-refractivity contribution < 1.29 is 15.4 Å². The number of nitrogens with one attached hydrogen (secondary N) is 1. The highest BCUT2D eigenvalue weighted by atomic mass is 16.4. The smallest absolute Gasteiger partial charge is 0.407 e. The Morgan fingerprint density at radius 2 is 1.90 bits per heavy atom. The number of amides is 1. The number of carboxylic acid groups (broad SMARTS) is 1. The summed E-state index contributed by atoms with van der Waals surface area (Å²) in [5, 5.41) is 11.5. The minimum atomic E-state index is -0.809. The summed E-state index contributed by atoms with van der Waals surface area (Å²) in [6.07, 6.45) is -0.809. The van der Waals surface area contributed by atoms with E-state index in [4.69, 9.17) is 5.11 Å². The Hall–Kier alpha value is -0.810. The minimum Gasteiger partial charge on any atom is -0.465 e. The molecular formula is C5H12N2O3. The molecule has 0 spiro atoms. The summed E-state index contributed by atoms with van der Waals surface area (Å²) in [7, 11) is 0. The molecule has 0 aromatic carbocycles. The van der Waals surface area contributed by atoms with Crippen LogP contribution < -0.4 is 5.32 Å². The van der Waals surface area contributed by atoms with E-state index < -0.39 is 6.09 Å². The molecule has 1 rings (SSSR count). The molecule has 5 heteroatoms.